The van der Waals surface area contributed by atoms with Crippen molar-refractivity contribution in [2.75, 3.05) is 17.7 Å². The van der Waals surface area contributed by atoms with Crippen molar-refractivity contribution in [2.24, 2.45) is 0 Å². The zero-order valence-corrected chi connectivity index (χ0v) is 21.5. The predicted octanol–water partition coefficient (Wildman–Crippen LogP) is 3.55. The van der Waals surface area contributed by atoms with E-state index in [9.17, 15) is 14.4 Å². The van der Waals surface area contributed by atoms with Crippen LogP contribution in [0.4, 0.5) is 11.5 Å². The molecule has 0 saturated heterocycles. The van der Waals surface area contributed by atoms with Gasteiger partial charge in [0.1, 0.15) is 17.3 Å². The van der Waals surface area contributed by atoms with Crippen LogP contribution >= 0.6 is 0 Å². The first-order valence-corrected chi connectivity index (χ1v) is 12.0. The number of H-pyrrole nitrogens is 1. The van der Waals surface area contributed by atoms with E-state index in [4.69, 9.17) is 15.2 Å². The number of nitrogen functional groups attached to an aromatic ring is 1. The van der Waals surface area contributed by atoms with Crippen molar-refractivity contribution < 1.29 is 14.3 Å². The maximum atomic E-state index is 13.8. The molecule has 0 bridgehead atoms. The summed E-state index contributed by atoms with van der Waals surface area (Å²) in [6.07, 6.45) is 0.558. The van der Waals surface area contributed by atoms with Gasteiger partial charge in [0, 0.05) is 12.1 Å². The summed E-state index contributed by atoms with van der Waals surface area (Å²) in [7, 11) is 1.53. The highest BCUT2D eigenvalue weighted by atomic mass is 16.5. The lowest BCUT2D eigenvalue weighted by Crippen LogP contribution is -2.45. The summed E-state index contributed by atoms with van der Waals surface area (Å²) in [5.41, 5.74) is 7.52. The summed E-state index contributed by atoms with van der Waals surface area (Å²) >= 11 is 0. The van der Waals surface area contributed by atoms with Crippen LogP contribution in [0, 0.1) is 13.8 Å². The molecule has 0 fully saturated rings. The Hall–Kier alpha value is -4.01. The molecule has 0 radical (unpaired) electrons. The molecule has 0 spiro atoms. The third-order valence-corrected chi connectivity index (χ3v) is 6.21. The quantitative estimate of drug-likeness (QED) is 0.445. The molecule has 36 heavy (non-hydrogen) atoms. The fraction of sp³-hybridized carbons (Fsp3) is 0.370. The molecular formula is C27H34N4O5. The van der Waals surface area contributed by atoms with E-state index in [-0.39, 0.29) is 18.1 Å². The Balaban J connectivity index is 2.10. The van der Waals surface area contributed by atoms with Crippen molar-refractivity contribution in [1.29, 1.82) is 0 Å². The summed E-state index contributed by atoms with van der Waals surface area (Å²) in [4.78, 5) is 42.9. The molecule has 9 nitrogen and oxygen atoms in total. The first-order valence-electron chi connectivity index (χ1n) is 12.0. The van der Waals surface area contributed by atoms with Gasteiger partial charge in [0.25, 0.3) is 11.5 Å². The minimum Gasteiger partial charge on any atom is -0.496 e. The van der Waals surface area contributed by atoms with Crippen LogP contribution in [-0.4, -0.2) is 28.7 Å². The summed E-state index contributed by atoms with van der Waals surface area (Å²) in [6, 6.07) is 12.8. The highest BCUT2D eigenvalue weighted by Gasteiger charge is 2.30. The summed E-state index contributed by atoms with van der Waals surface area (Å²) in [6.45, 7) is 7.79. The number of aromatic amines is 1. The topological polar surface area (TPSA) is 120 Å². The summed E-state index contributed by atoms with van der Waals surface area (Å²) in [5, 5.41) is 0. The number of hydrogen-bond acceptors (Lipinski definition) is 6. The number of carbonyl (C=O) groups excluding carboxylic acids is 1. The fourth-order valence-corrected chi connectivity index (χ4v) is 3.96. The van der Waals surface area contributed by atoms with E-state index in [0.717, 1.165) is 17.5 Å². The summed E-state index contributed by atoms with van der Waals surface area (Å²) in [5.74, 6) is 0.565. The lowest BCUT2D eigenvalue weighted by atomic mass is 10.1. The maximum absolute atomic E-state index is 13.8. The third-order valence-electron chi connectivity index (χ3n) is 6.21. The van der Waals surface area contributed by atoms with Gasteiger partial charge in [-0.15, -0.1) is 0 Å². The van der Waals surface area contributed by atoms with E-state index in [0.29, 0.717) is 30.0 Å². The number of benzene rings is 2. The Morgan fingerprint density at radius 3 is 2.50 bits per heavy atom. The number of nitrogens with two attached hydrogens (primary N) is 1. The molecular weight excluding hydrogens is 460 g/mol. The number of para-hydroxylation sites is 1. The number of hydrogen-bond donors (Lipinski definition) is 2. The van der Waals surface area contributed by atoms with E-state index < -0.39 is 23.3 Å². The average Bonchev–Trinajstić information content (AvgIpc) is 2.85. The molecule has 0 saturated carbocycles. The molecule has 9 heteroatoms. The molecule has 3 N–H and O–H groups in total. The average molecular weight is 495 g/mol. The first kappa shape index (κ1) is 26.6. The number of nitrogens with one attached hydrogen (secondary N) is 1. The van der Waals surface area contributed by atoms with Crippen LogP contribution in [-0.2, 0) is 17.9 Å². The number of methoxy groups -OCH3 is 1. The van der Waals surface area contributed by atoms with Crippen LogP contribution in [0.3, 0.4) is 0 Å². The normalized spacial score (nSPS) is 11.7. The van der Waals surface area contributed by atoms with Gasteiger partial charge in [0.2, 0.25) is 0 Å². The minimum atomic E-state index is -0.949. The number of carbonyl (C=O) groups is 1. The second-order valence-electron chi connectivity index (χ2n) is 8.69. The lowest BCUT2D eigenvalue weighted by molar-refractivity contribution is -0.124. The Morgan fingerprint density at radius 1 is 1.11 bits per heavy atom. The lowest BCUT2D eigenvalue weighted by Gasteiger charge is -2.28. The minimum absolute atomic E-state index is 0.0113. The van der Waals surface area contributed by atoms with Crippen molar-refractivity contribution in [2.45, 2.75) is 59.7 Å². The zero-order valence-electron chi connectivity index (χ0n) is 21.5. The second kappa shape index (κ2) is 11.6. The van der Waals surface area contributed by atoms with Gasteiger partial charge in [0.05, 0.1) is 13.7 Å². The number of rotatable bonds is 10. The highest BCUT2D eigenvalue weighted by molar-refractivity contribution is 5.98. The van der Waals surface area contributed by atoms with Crippen molar-refractivity contribution in [3.05, 3.63) is 80.0 Å². The number of unbranched alkanes of at least 4 members (excludes halogenated alkanes) is 1. The molecule has 1 amide bonds. The van der Waals surface area contributed by atoms with E-state index >= 15 is 0 Å². The van der Waals surface area contributed by atoms with Crippen LogP contribution in [0.25, 0.3) is 0 Å². The van der Waals surface area contributed by atoms with E-state index in [1.807, 2.05) is 45.0 Å². The maximum Gasteiger partial charge on any atom is 0.330 e. The molecule has 1 aromatic heterocycles. The molecule has 0 aliphatic heterocycles. The van der Waals surface area contributed by atoms with Crippen LogP contribution < -0.4 is 31.4 Å². The smallest absolute Gasteiger partial charge is 0.330 e. The fourth-order valence-electron chi connectivity index (χ4n) is 3.96. The van der Waals surface area contributed by atoms with Crippen LogP contribution in [0.1, 0.15) is 43.4 Å². The Labute approximate surface area is 210 Å². The van der Waals surface area contributed by atoms with Gasteiger partial charge >= 0.3 is 5.69 Å². The van der Waals surface area contributed by atoms with Crippen LogP contribution in [0.5, 0.6) is 11.5 Å². The highest BCUT2D eigenvalue weighted by Crippen LogP contribution is 2.27. The van der Waals surface area contributed by atoms with E-state index in [1.54, 1.807) is 25.1 Å². The van der Waals surface area contributed by atoms with Crippen molar-refractivity contribution >= 4 is 17.4 Å². The Kier molecular flexibility index (Phi) is 8.58. The zero-order chi connectivity index (χ0) is 26.4. The van der Waals surface area contributed by atoms with Crippen molar-refractivity contribution in [3.8, 4) is 11.5 Å². The van der Waals surface area contributed by atoms with Gasteiger partial charge in [-0.25, -0.2) is 4.79 Å². The molecule has 3 aromatic rings. The third kappa shape index (κ3) is 5.62. The van der Waals surface area contributed by atoms with Crippen molar-refractivity contribution in [1.82, 2.24) is 9.55 Å². The molecule has 192 valence electrons. The molecule has 2 aromatic carbocycles. The van der Waals surface area contributed by atoms with Gasteiger partial charge in [-0.05, 0) is 50.5 Å². The van der Waals surface area contributed by atoms with Crippen LogP contribution in [0.2, 0.25) is 0 Å². The number of anilines is 2. The molecule has 1 atom stereocenters. The molecule has 1 unspecified atom stereocenters. The molecule has 3 rings (SSSR count). The number of amides is 1. The van der Waals surface area contributed by atoms with Gasteiger partial charge in [-0.2, -0.15) is 0 Å². The largest absolute Gasteiger partial charge is 0.496 e. The standard InChI is InChI=1S/C27H34N4O5/c1-6-7-15-30-24(28)23(25(32)29-27(30)34)31(16-20-12-8-9-13-22(20)35-5)26(33)19(4)36-21-14-10-11-17(2)18(21)3/h8-14,19H,6-7,15-16,28H2,1-5H3,(H,29,32,34). The monoisotopic (exact) mass is 494 g/mol. The van der Waals surface area contributed by atoms with Crippen molar-refractivity contribution in [3.63, 3.8) is 0 Å². The van der Waals surface area contributed by atoms with Crippen LogP contribution in [0.15, 0.2) is 52.1 Å². The van der Waals surface area contributed by atoms with Gasteiger partial charge < -0.3 is 15.2 Å². The van der Waals surface area contributed by atoms with Gasteiger partial charge in [0.15, 0.2) is 11.8 Å². The number of aryl methyl sites for hydroxylation is 1. The molecule has 0 aliphatic rings. The van der Waals surface area contributed by atoms with E-state index in [1.165, 1.54) is 16.6 Å². The van der Waals surface area contributed by atoms with E-state index in [2.05, 4.69) is 4.98 Å². The Bertz CT molecular complexity index is 1340. The number of nitrogens with zero attached hydrogens (tertiary/aromatic N) is 2. The first-order chi connectivity index (χ1) is 17.2. The number of aromatic nitrogens is 2. The molecule has 1 heterocycles. The second-order valence-corrected chi connectivity index (χ2v) is 8.69. The molecule has 0 aliphatic carbocycles. The Morgan fingerprint density at radius 2 is 1.81 bits per heavy atom. The number of ether oxygens (including phenoxy) is 2. The summed E-state index contributed by atoms with van der Waals surface area (Å²) < 4.78 is 12.8. The SMILES string of the molecule is CCCCn1c(N)c(N(Cc2ccccc2OC)C(=O)C(C)Oc2cccc(C)c2C)c(=O)[nH]c1=O. The van der Waals surface area contributed by atoms with Gasteiger partial charge in [-0.1, -0.05) is 43.7 Å². The predicted molar refractivity (Wildman–Crippen MR) is 141 cm³/mol. The van der Waals surface area contributed by atoms with Gasteiger partial charge in [-0.3, -0.25) is 24.0 Å².